The van der Waals surface area contributed by atoms with Gasteiger partial charge in [0.15, 0.2) is 11.5 Å². The first-order valence-corrected chi connectivity index (χ1v) is 14.8. The molecule has 2 aliphatic rings. The third-order valence-electron chi connectivity index (χ3n) is 6.78. The van der Waals surface area contributed by atoms with Gasteiger partial charge in [-0.05, 0) is 43.0 Å². The molecular weight excluding hydrogens is 584 g/mol. The zero-order valence-corrected chi connectivity index (χ0v) is 26.2. The topological polar surface area (TPSA) is 169 Å². The minimum atomic E-state index is -1.06. The van der Waals surface area contributed by atoms with Crippen LogP contribution < -0.4 is 25.1 Å². The van der Waals surface area contributed by atoms with Gasteiger partial charge in [-0.2, -0.15) is 0 Å². The third kappa shape index (κ3) is 8.64. The highest BCUT2D eigenvalue weighted by molar-refractivity contribution is 5.87. The molecule has 13 nitrogen and oxygen atoms in total. The van der Waals surface area contributed by atoms with E-state index in [9.17, 15) is 24.3 Å². The van der Waals surface area contributed by atoms with Crippen LogP contribution in [0.1, 0.15) is 47.5 Å². The predicted octanol–water partition coefficient (Wildman–Crippen LogP) is 4.19. The summed E-state index contributed by atoms with van der Waals surface area (Å²) < 4.78 is 22.0. The van der Waals surface area contributed by atoms with E-state index in [0.29, 0.717) is 53.2 Å². The van der Waals surface area contributed by atoms with Crippen molar-refractivity contribution in [2.75, 3.05) is 33.1 Å². The number of H-pyrrole nitrogens is 1. The van der Waals surface area contributed by atoms with Crippen molar-refractivity contribution in [3.8, 4) is 28.5 Å². The minimum Gasteiger partial charge on any atom is -0.493 e. The number of fused-ring (bicyclic) bond motifs is 3. The maximum atomic E-state index is 12.9. The average molecular weight is 625 g/mol. The molecule has 0 aliphatic carbocycles. The van der Waals surface area contributed by atoms with Crippen molar-refractivity contribution in [2.24, 2.45) is 11.3 Å². The van der Waals surface area contributed by atoms with Gasteiger partial charge in [0, 0.05) is 17.5 Å². The fraction of sp³-hybridized carbons (Fsp3) is 0.469. The number of nitrogens with zero attached hydrogens (tertiary/aromatic N) is 2. The van der Waals surface area contributed by atoms with Gasteiger partial charge >= 0.3 is 12.1 Å². The van der Waals surface area contributed by atoms with Gasteiger partial charge in [0.25, 0.3) is 5.56 Å². The van der Waals surface area contributed by atoms with Gasteiger partial charge in [-0.1, -0.05) is 46.8 Å². The Bertz CT molecular complexity index is 1600. The molecule has 1 fully saturated rings. The minimum absolute atomic E-state index is 0.00378. The molecule has 3 heterocycles. The van der Waals surface area contributed by atoms with Gasteiger partial charge in [0.1, 0.15) is 36.2 Å². The first kappa shape index (κ1) is 33.1. The van der Waals surface area contributed by atoms with Crippen molar-refractivity contribution in [3.05, 3.63) is 46.8 Å². The van der Waals surface area contributed by atoms with E-state index < -0.39 is 29.4 Å². The van der Waals surface area contributed by atoms with Crippen molar-refractivity contribution < 1.29 is 38.4 Å². The number of hydrogen-bond acceptors (Lipinski definition) is 9. The Morgan fingerprint density at radius 2 is 1.91 bits per heavy atom. The van der Waals surface area contributed by atoms with Crippen LogP contribution in [0.2, 0.25) is 0 Å². The van der Waals surface area contributed by atoms with Crippen LogP contribution in [0.5, 0.6) is 17.2 Å². The van der Waals surface area contributed by atoms with Crippen LogP contribution in [0.25, 0.3) is 22.3 Å². The SMILES string of the molecule is CC(C)(COC(=O)NCC(=O)N1CCCC1C(=O)O)COc1cccc(-c2nc3ccc4c(c3[nH]c2=O)OCO4)c1.CC(C)C. The van der Waals surface area contributed by atoms with E-state index in [1.807, 2.05) is 13.8 Å². The Labute approximate surface area is 260 Å². The molecule has 0 radical (unpaired) electrons. The summed E-state index contributed by atoms with van der Waals surface area (Å²) in [5.74, 6) is 0.807. The Hall–Kier alpha value is -4.81. The number of carbonyl (C=O) groups is 3. The standard InChI is InChI=1S/C28H30N4O9.C4H10/c1-28(2,14-39-27(37)29-12-21(33)32-10-4-7-19(32)26(35)36)13-38-17-6-3-5-16(11-17)22-25(34)31-23-18(30-22)8-9-20-24(23)41-15-40-20;1-4(2)3/h3,5-6,8-9,11,19H,4,7,10,12-15H2,1-2H3,(H,29,37)(H,31,34)(H,35,36);4H,1-3H3. The molecule has 2 aromatic carbocycles. The maximum absolute atomic E-state index is 12.9. The lowest BCUT2D eigenvalue weighted by Crippen LogP contribution is -2.45. The summed E-state index contributed by atoms with van der Waals surface area (Å²) >= 11 is 0. The second-order valence-corrected chi connectivity index (χ2v) is 12.3. The van der Waals surface area contributed by atoms with E-state index in [0.717, 1.165) is 5.92 Å². The largest absolute Gasteiger partial charge is 0.493 e. The van der Waals surface area contributed by atoms with Gasteiger partial charge in [-0.25, -0.2) is 14.6 Å². The lowest BCUT2D eigenvalue weighted by molar-refractivity contribution is -0.147. The summed E-state index contributed by atoms with van der Waals surface area (Å²) in [5, 5.41) is 11.6. The summed E-state index contributed by atoms with van der Waals surface area (Å²) in [4.78, 5) is 57.3. The fourth-order valence-corrected chi connectivity index (χ4v) is 4.65. The number of carboxylic acid groups (broad SMARTS) is 1. The third-order valence-corrected chi connectivity index (χ3v) is 6.78. The number of aromatic nitrogens is 2. The lowest BCUT2D eigenvalue weighted by Gasteiger charge is -2.25. The number of carboxylic acids is 1. The molecule has 3 aromatic rings. The molecule has 1 atom stereocenters. The first-order chi connectivity index (χ1) is 21.3. The summed E-state index contributed by atoms with van der Waals surface area (Å²) in [7, 11) is 0. The summed E-state index contributed by atoms with van der Waals surface area (Å²) in [6.45, 7) is 10.4. The van der Waals surface area contributed by atoms with Crippen molar-refractivity contribution in [1.29, 1.82) is 0 Å². The molecular formula is C32H40N4O9. The van der Waals surface area contributed by atoms with Crippen molar-refractivity contribution in [3.63, 3.8) is 0 Å². The molecule has 0 saturated carbocycles. The van der Waals surface area contributed by atoms with Crippen LogP contribution in [-0.2, 0) is 14.3 Å². The molecule has 0 bridgehead atoms. The molecule has 2 aliphatic heterocycles. The number of aliphatic carboxylic acids is 1. The first-order valence-electron chi connectivity index (χ1n) is 14.8. The van der Waals surface area contributed by atoms with Crippen LogP contribution in [-0.4, -0.2) is 77.1 Å². The van der Waals surface area contributed by atoms with Crippen molar-refractivity contribution in [1.82, 2.24) is 20.2 Å². The number of likely N-dealkylation sites (tertiary alicyclic amines) is 1. The van der Waals surface area contributed by atoms with E-state index in [1.54, 1.807) is 36.4 Å². The molecule has 5 rings (SSSR count). The monoisotopic (exact) mass is 624 g/mol. The number of amides is 2. The van der Waals surface area contributed by atoms with E-state index in [2.05, 4.69) is 36.1 Å². The molecule has 13 heteroatoms. The van der Waals surface area contributed by atoms with Crippen molar-refractivity contribution >= 4 is 29.0 Å². The zero-order chi connectivity index (χ0) is 32.7. The number of hydrogen-bond donors (Lipinski definition) is 3. The average Bonchev–Trinajstić information content (AvgIpc) is 3.68. The van der Waals surface area contributed by atoms with Crippen LogP contribution in [0.3, 0.4) is 0 Å². The summed E-state index contributed by atoms with van der Waals surface area (Å²) in [5.41, 5.74) is 0.818. The Kier molecular flexibility index (Phi) is 10.5. The number of carbonyl (C=O) groups excluding carboxylic acids is 2. The molecule has 0 spiro atoms. The number of aromatic amines is 1. The molecule has 45 heavy (non-hydrogen) atoms. The predicted molar refractivity (Wildman–Crippen MR) is 165 cm³/mol. The van der Waals surface area contributed by atoms with E-state index in [-0.39, 0.29) is 37.8 Å². The number of nitrogens with one attached hydrogen (secondary N) is 2. The second kappa shape index (κ2) is 14.3. The molecule has 3 N–H and O–H groups in total. The number of benzene rings is 2. The quantitative estimate of drug-likeness (QED) is 0.314. The van der Waals surface area contributed by atoms with Crippen molar-refractivity contribution in [2.45, 2.75) is 53.5 Å². The van der Waals surface area contributed by atoms with Gasteiger partial charge < -0.3 is 39.3 Å². The summed E-state index contributed by atoms with van der Waals surface area (Å²) in [6.07, 6.45) is 0.209. The fourth-order valence-electron chi connectivity index (χ4n) is 4.65. The number of alkyl carbamates (subject to hydrolysis) is 1. The van der Waals surface area contributed by atoms with Gasteiger partial charge in [0.05, 0.1) is 12.1 Å². The van der Waals surface area contributed by atoms with E-state index >= 15 is 0 Å². The Balaban J connectivity index is 0.00000109. The van der Waals surface area contributed by atoms with Crippen LogP contribution in [0.4, 0.5) is 4.79 Å². The molecule has 1 unspecified atom stereocenters. The van der Waals surface area contributed by atoms with E-state index in [4.69, 9.17) is 18.9 Å². The van der Waals surface area contributed by atoms with Gasteiger partial charge in [-0.3, -0.25) is 9.59 Å². The lowest BCUT2D eigenvalue weighted by atomic mass is 9.96. The van der Waals surface area contributed by atoms with E-state index in [1.165, 1.54) is 4.90 Å². The number of rotatable bonds is 9. The highest BCUT2D eigenvalue weighted by atomic mass is 16.7. The normalized spacial score (nSPS) is 15.4. The molecule has 2 amide bonds. The van der Waals surface area contributed by atoms with Crippen LogP contribution in [0.15, 0.2) is 41.2 Å². The Morgan fingerprint density at radius 3 is 2.64 bits per heavy atom. The highest BCUT2D eigenvalue weighted by Crippen LogP contribution is 2.37. The number of ether oxygens (including phenoxy) is 4. The Morgan fingerprint density at radius 1 is 1.16 bits per heavy atom. The van der Waals surface area contributed by atoms with Crippen LogP contribution in [0, 0.1) is 11.3 Å². The molecule has 1 aromatic heterocycles. The molecule has 242 valence electrons. The smallest absolute Gasteiger partial charge is 0.407 e. The molecule has 1 saturated heterocycles. The zero-order valence-electron chi connectivity index (χ0n) is 26.2. The highest BCUT2D eigenvalue weighted by Gasteiger charge is 2.34. The van der Waals surface area contributed by atoms with Crippen LogP contribution >= 0.6 is 0 Å². The summed E-state index contributed by atoms with van der Waals surface area (Å²) in [6, 6.07) is 9.57. The second-order valence-electron chi connectivity index (χ2n) is 12.3. The van der Waals surface area contributed by atoms with Gasteiger partial charge in [0.2, 0.25) is 12.7 Å². The maximum Gasteiger partial charge on any atom is 0.407 e. The van der Waals surface area contributed by atoms with Gasteiger partial charge in [-0.15, -0.1) is 0 Å².